The zero-order valence-electron chi connectivity index (χ0n) is 16.0. The number of carbonyl (C=O) groups is 2. The summed E-state index contributed by atoms with van der Waals surface area (Å²) in [6.07, 6.45) is 11.2. The monoisotopic (exact) mass is 344 g/mol. The van der Waals surface area contributed by atoms with Gasteiger partial charge < -0.3 is 4.74 Å². The lowest BCUT2D eigenvalue weighted by Crippen LogP contribution is -2.53. The van der Waals surface area contributed by atoms with Crippen LogP contribution in [0.1, 0.15) is 78.6 Å². The molecule has 0 aliphatic heterocycles. The van der Waals surface area contributed by atoms with Crippen LogP contribution in [0.15, 0.2) is 11.6 Å². The van der Waals surface area contributed by atoms with Crippen molar-refractivity contribution in [3.8, 4) is 0 Å². The number of hydrogen-bond acceptors (Lipinski definition) is 3. The fourth-order valence-corrected chi connectivity index (χ4v) is 6.95. The van der Waals surface area contributed by atoms with Gasteiger partial charge in [0.05, 0.1) is 5.41 Å². The van der Waals surface area contributed by atoms with E-state index in [-0.39, 0.29) is 22.9 Å². The number of ketones is 1. The van der Waals surface area contributed by atoms with E-state index in [4.69, 9.17) is 4.74 Å². The second-order valence-corrected chi connectivity index (χ2v) is 9.26. The first-order valence-corrected chi connectivity index (χ1v) is 10.3. The number of rotatable bonds is 2. The van der Waals surface area contributed by atoms with Crippen molar-refractivity contribution < 1.29 is 14.3 Å². The van der Waals surface area contributed by atoms with Crippen molar-refractivity contribution >= 4 is 11.8 Å². The fraction of sp³-hybridized carbons (Fsp3) is 0.818. The zero-order valence-corrected chi connectivity index (χ0v) is 16.0. The maximum Gasteiger partial charge on any atom is 0.305 e. The minimum absolute atomic E-state index is 0.0581. The summed E-state index contributed by atoms with van der Waals surface area (Å²) in [6.45, 7) is 6.47. The van der Waals surface area contributed by atoms with Gasteiger partial charge in [-0.3, -0.25) is 9.59 Å². The van der Waals surface area contributed by atoms with Crippen LogP contribution in [-0.2, 0) is 14.3 Å². The van der Waals surface area contributed by atoms with Gasteiger partial charge >= 0.3 is 5.97 Å². The average Bonchev–Trinajstić information content (AvgIpc) is 2.92. The predicted octanol–water partition coefficient (Wildman–Crippen LogP) is 4.84. The van der Waals surface area contributed by atoms with E-state index in [0.717, 1.165) is 44.9 Å². The topological polar surface area (TPSA) is 43.4 Å². The summed E-state index contributed by atoms with van der Waals surface area (Å²) in [7, 11) is 0. The Hall–Kier alpha value is -1.12. The largest absolute Gasteiger partial charge is 0.462 e. The highest BCUT2D eigenvalue weighted by atomic mass is 16.5. The molecule has 0 unspecified atom stereocenters. The van der Waals surface area contributed by atoms with Gasteiger partial charge in [0, 0.05) is 18.3 Å². The summed E-state index contributed by atoms with van der Waals surface area (Å²) < 4.78 is 5.85. The Balaban J connectivity index is 1.62. The molecule has 4 aliphatic rings. The number of esters is 1. The molecule has 3 fully saturated rings. The molecule has 0 saturated heterocycles. The molecule has 3 heteroatoms. The van der Waals surface area contributed by atoms with Gasteiger partial charge in [-0.25, -0.2) is 0 Å². The third-order valence-corrected chi connectivity index (χ3v) is 8.41. The summed E-state index contributed by atoms with van der Waals surface area (Å²) in [5, 5.41) is 0. The molecule has 6 atom stereocenters. The second-order valence-electron chi connectivity index (χ2n) is 9.26. The quantitative estimate of drug-likeness (QED) is 0.532. The molecule has 3 nitrogen and oxygen atoms in total. The standard InChI is InChI=1S/C22H32O3/c1-4-20(24)25-19-11-10-16-15-9-8-14-6-5-7-18(23)22(14,3)17(15)12-13-21(16,19)2/h6,15-17,19H,4-5,7-13H2,1-3H3/t15-,16-,17-,19+,21-,22-/m0/s1. The van der Waals surface area contributed by atoms with Crippen molar-refractivity contribution in [2.75, 3.05) is 0 Å². The molecule has 138 valence electrons. The van der Waals surface area contributed by atoms with E-state index in [9.17, 15) is 9.59 Å². The Morgan fingerprint density at radius 1 is 1.16 bits per heavy atom. The Bertz CT molecular complexity index is 621. The molecule has 25 heavy (non-hydrogen) atoms. The molecule has 0 N–H and O–H groups in total. The Morgan fingerprint density at radius 3 is 2.72 bits per heavy atom. The number of fused-ring (bicyclic) bond motifs is 5. The summed E-state index contributed by atoms with van der Waals surface area (Å²) in [4.78, 5) is 24.8. The molecule has 4 rings (SSSR count). The van der Waals surface area contributed by atoms with Crippen LogP contribution in [0.5, 0.6) is 0 Å². The van der Waals surface area contributed by atoms with Crippen LogP contribution < -0.4 is 0 Å². The average molecular weight is 344 g/mol. The van der Waals surface area contributed by atoms with Gasteiger partial charge in [0.1, 0.15) is 11.9 Å². The minimum Gasteiger partial charge on any atom is -0.462 e. The highest BCUT2D eigenvalue weighted by Gasteiger charge is 2.61. The molecular weight excluding hydrogens is 312 g/mol. The summed E-state index contributed by atoms with van der Waals surface area (Å²) >= 11 is 0. The second kappa shape index (κ2) is 5.96. The van der Waals surface area contributed by atoms with E-state index in [2.05, 4.69) is 19.9 Å². The third kappa shape index (κ3) is 2.37. The van der Waals surface area contributed by atoms with Crippen LogP contribution in [0.25, 0.3) is 0 Å². The highest BCUT2D eigenvalue weighted by Crippen LogP contribution is 2.65. The SMILES string of the molecule is CCC(=O)O[C@@H]1CC[C@H]2[C@@H]3CCC4=CCCC(=O)[C@]4(C)[C@H]3CC[C@]12C. The van der Waals surface area contributed by atoms with Crippen LogP contribution in [-0.4, -0.2) is 17.9 Å². The predicted molar refractivity (Wildman–Crippen MR) is 96.9 cm³/mol. The molecule has 0 heterocycles. The zero-order chi connectivity index (χ0) is 17.8. The van der Waals surface area contributed by atoms with E-state index in [0.29, 0.717) is 30.0 Å². The smallest absolute Gasteiger partial charge is 0.305 e. The molecule has 0 amide bonds. The molecule has 0 aromatic carbocycles. The number of carbonyl (C=O) groups excluding carboxylic acids is 2. The number of hydrogen-bond donors (Lipinski definition) is 0. The van der Waals surface area contributed by atoms with E-state index in [1.807, 2.05) is 6.92 Å². The van der Waals surface area contributed by atoms with Gasteiger partial charge in [-0.1, -0.05) is 25.5 Å². The minimum atomic E-state index is -0.208. The van der Waals surface area contributed by atoms with Crippen molar-refractivity contribution in [1.82, 2.24) is 0 Å². The first kappa shape index (κ1) is 17.3. The normalized spacial score (nSPS) is 45.9. The first-order valence-electron chi connectivity index (χ1n) is 10.3. The lowest BCUT2D eigenvalue weighted by atomic mass is 9.47. The molecule has 0 radical (unpaired) electrons. The van der Waals surface area contributed by atoms with Crippen LogP contribution in [0.2, 0.25) is 0 Å². The van der Waals surface area contributed by atoms with Crippen molar-refractivity contribution in [3.05, 3.63) is 11.6 Å². The Labute approximate surface area is 151 Å². The summed E-state index contributed by atoms with van der Waals surface area (Å²) in [5.74, 6) is 2.15. The Morgan fingerprint density at radius 2 is 1.96 bits per heavy atom. The molecule has 0 aromatic heterocycles. The third-order valence-electron chi connectivity index (χ3n) is 8.41. The fourth-order valence-electron chi connectivity index (χ4n) is 6.95. The molecule has 4 aliphatic carbocycles. The van der Waals surface area contributed by atoms with Crippen molar-refractivity contribution in [1.29, 1.82) is 0 Å². The van der Waals surface area contributed by atoms with Crippen LogP contribution >= 0.6 is 0 Å². The Kier molecular flexibility index (Phi) is 4.12. The molecule has 0 spiro atoms. The summed E-state index contributed by atoms with van der Waals surface area (Å²) in [5.41, 5.74) is 1.34. The molecular formula is C22H32O3. The molecule has 0 aromatic rings. The van der Waals surface area contributed by atoms with Crippen molar-refractivity contribution in [2.45, 2.75) is 84.7 Å². The maximum absolute atomic E-state index is 12.9. The molecule has 0 bridgehead atoms. The van der Waals surface area contributed by atoms with Crippen molar-refractivity contribution in [3.63, 3.8) is 0 Å². The maximum atomic E-state index is 12.9. The van der Waals surface area contributed by atoms with Gasteiger partial charge in [0.2, 0.25) is 0 Å². The van der Waals surface area contributed by atoms with Gasteiger partial charge in [-0.15, -0.1) is 0 Å². The van der Waals surface area contributed by atoms with Gasteiger partial charge in [0.15, 0.2) is 0 Å². The van der Waals surface area contributed by atoms with Crippen LogP contribution in [0, 0.1) is 28.6 Å². The van der Waals surface area contributed by atoms with E-state index < -0.39 is 0 Å². The number of ether oxygens (including phenoxy) is 1. The lowest BCUT2D eigenvalue weighted by Gasteiger charge is -2.57. The van der Waals surface area contributed by atoms with E-state index >= 15 is 0 Å². The first-order chi connectivity index (χ1) is 11.9. The van der Waals surface area contributed by atoms with Crippen LogP contribution in [0.3, 0.4) is 0 Å². The van der Waals surface area contributed by atoms with Crippen molar-refractivity contribution in [2.24, 2.45) is 28.6 Å². The van der Waals surface area contributed by atoms with E-state index in [1.54, 1.807) is 0 Å². The van der Waals surface area contributed by atoms with Gasteiger partial charge in [0.25, 0.3) is 0 Å². The number of allylic oxidation sites excluding steroid dienone is 2. The van der Waals surface area contributed by atoms with Crippen LogP contribution in [0.4, 0.5) is 0 Å². The van der Waals surface area contributed by atoms with E-state index in [1.165, 1.54) is 12.0 Å². The highest BCUT2D eigenvalue weighted by molar-refractivity contribution is 5.89. The lowest BCUT2D eigenvalue weighted by molar-refractivity contribution is -0.160. The summed E-state index contributed by atoms with van der Waals surface area (Å²) in [6, 6.07) is 0. The molecule has 3 saturated carbocycles. The van der Waals surface area contributed by atoms with Gasteiger partial charge in [-0.05, 0) is 69.6 Å². The van der Waals surface area contributed by atoms with Gasteiger partial charge in [-0.2, -0.15) is 0 Å². The number of Topliss-reactive ketones (excluding diaryl/α,β-unsaturated/α-hetero) is 1.